The Kier molecular flexibility index (Phi) is 4.99. The smallest absolute Gasteiger partial charge is 0.256 e. The van der Waals surface area contributed by atoms with Crippen molar-refractivity contribution in [3.05, 3.63) is 74.7 Å². The average Bonchev–Trinajstić information content (AvgIpc) is 3.28. The number of carbonyl (C=O) groups excluding carboxylic acids is 1. The quantitative estimate of drug-likeness (QED) is 0.655. The van der Waals surface area contributed by atoms with Gasteiger partial charge < -0.3 is 14.8 Å². The number of nitrogens with zero attached hydrogens (tertiary/aromatic N) is 1. The molecule has 146 valence electrons. The minimum absolute atomic E-state index is 0.208. The maximum absolute atomic E-state index is 12.7. The summed E-state index contributed by atoms with van der Waals surface area (Å²) < 4.78 is 10.8. The number of anilines is 1. The Labute approximate surface area is 173 Å². The van der Waals surface area contributed by atoms with Gasteiger partial charge in [0, 0.05) is 16.9 Å². The zero-order valence-corrected chi connectivity index (χ0v) is 17.3. The number of hydrogen-bond donors (Lipinski definition) is 1. The van der Waals surface area contributed by atoms with Crippen LogP contribution in [0.1, 0.15) is 43.1 Å². The number of hydrogen-bond acceptors (Lipinski definition) is 5. The van der Waals surface area contributed by atoms with Crippen LogP contribution in [0.5, 0.6) is 11.5 Å². The first kappa shape index (κ1) is 19.0. The van der Waals surface area contributed by atoms with E-state index in [9.17, 15) is 10.1 Å². The first-order valence-electron chi connectivity index (χ1n) is 9.25. The number of nitriles is 1. The molecule has 5 nitrogen and oxygen atoms in total. The van der Waals surface area contributed by atoms with Gasteiger partial charge in [0.05, 0.1) is 5.56 Å². The first-order valence-corrected chi connectivity index (χ1v) is 10.1. The molecular weight excluding hydrogens is 384 g/mol. The molecule has 0 bridgehead atoms. The Morgan fingerprint density at radius 2 is 1.90 bits per heavy atom. The number of ether oxygens (including phenoxy) is 2. The molecule has 0 saturated heterocycles. The highest BCUT2D eigenvalue weighted by Gasteiger charge is 2.19. The molecule has 3 aromatic rings. The summed E-state index contributed by atoms with van der Waals surface area (Å²) in [7, 11) is 0. The van der Waals surface area contributed by atoms with E-state index in [4.69, 9.17) is 9.47 Å². The van der Waals surface area contributed by atoms with E-state index in [0.29, 0.717) is 22.5 Å². The maximum atomic E-state index is 12.7. The van der Waals surface area contributed by atoms with Crippen LogP contribution in [0.15, 0.2) is 36.4 Å². The van der Waals surface area contributed by atoms with Crippen molar-refractivity contribution < 1.29 is 14.3 Å². The predicted octanol–water partition coefficient (Wildman–Crippen LogP) is 5.12. The third-order valence-corrected chi connectivity index (χ3v) is 6.36. The summed E-state index contributed by atoms with van der Waals surface area (Å²) in [6.45, 7) is 6.15. The van der Waals surface area contributed by atoms with Gasteiger partial charge in [-0.15, -0.1) is 11.3 Å². The fourth-order valence-corrected chi connectivity index (χ4v) is 4.43. The molecule has 0 aliphatic carbocycles. The van der Waals surface area contributed by atoms with Crippen molar-refractivity contribution >= 4 is 22.2 Å². The molecule has 0 fully saturated rings. The van der Waals surface area contributed by atoms with E-state index in [1.165, 1.54) is 11.3 Å². The van der Waals surface area contributed by atoms with Crippen LogP contribution in [-0.4, -0.2) is 12.7 Å². The van der Waals surface area contributed by atoms with Gasteiger partial charge in [-0.2, -0.15) is 5.26 Å². The number of carbonyl (C=O) groups is 1. The molecule has 1 N–H and O–H groups in total. The Bertz CT molecular complexity index is 1160. The van der Waals surface area contributed by atoms with Gasteiger partial charge in [-0.25, -0.2) is 0 Å². The van der Waals surface area contributed by atoms with Crippen LogP contribution in [0.25, 0.3) is 0 Å². The lowest BCUT2D eigenvalue weighted by Crippen LogP contribution is -2.12. The van der Waals surface area contributed by atoms with Gasteiger partial charge in [0.2, 0.25) is 6.79 Å². The topological polar surface area (TPSA) is 71.3 Å². The van der Waals surface area contributed by atoms with Gasteiger partial charge in [-0.3, -0.25) is 4.79 Å². The summed E-state index contributed by atoms with van der Waals surface area (Å²) >= 11 is 1.44. The first-order chi connectivity index (χ1) is 14.0. The van der Waals surface area contributed by atoms with Crippen LogP contribution < -0.4 is 14.8 Å². The number of rotatable bonds is 4. The van der Waals surface area contributed by atoms with Gasteiger partial charge in [-0.1, -0.05) is 12.1 Å². The summed E-state index contributed by atoms with van der Waals surface area (Å²) in [4.78, 5) is 13.7. The molecule has 1 amide bonds. The van der Waals surface area contributed by atoms with E-state index in [0.717, 1.165) is 38.6 Å². The Morgan fingerprint density at radius 3 is 2.66 bits per heavy atom. The fourth-order valence-electron chi connectivity index (χ4n) is 3.25. The molecule has 0 unspecified atom stereocenters. The average molecular weight is 404 g/mol. The normalized spacial score (nSPS) is 11.9. The molecule has 0 spiro atoms. The minimum Gasteiger partial charge on any atom is -0.454 e. The van der Waals surface area contributed by atoms with Crippen molar-refractivity contribution in [2.45, 2.75) is 27.2 Å². The van der Waals surface area contributed by atoms with Crippen LogP contribution in [0, 0.1) is 32.1 Å². The van der Waals surface area contributed by atoms with Gasteiger partial charge in [0.15, 0.2) is 11.5 Å². The third-order valence-electron chi connectivity index (χ3n) is 5.16. The van der Waals surface area contributed by atoms with E-state index in [1.54, 1.807) is 6.07 Å². The third kappa shape index (κ3) is 3.69. The molecule has 2 aromatic carbocycles. The maximum Gasteiger partial charge on any atom is 0.256 e. The highest BCUT2D eigenvalue weighted by atomic mass is 32.1. The lowest BCUT2D eigenvalue weighted by Gasteiger charge is -2.06. The number of fused-ring (bicyclic) bond motifs is 1. The number of nitrogens with one attached hydrogen (secondary N) is 1. The van der Waals surface area contributed by atoms with Crippen molar-refractivity contribution in [2.24, 2.45) is 0 Å². The molecule has 0 saturated carbocycles. The van der Waals surface area contributed by atoms with Crippen molar-refractivity contribution in [3.8, 4) is 17.6 Å². The van der Waals surface area contributed by atoms with Crippen molar-refractivity contribution in [3.63, 3.8) is 0 Å². The fraction of sp³-hybridized carbons (Fsp3) is 0.217. The Morgan fingerprint density at radius 1 is 1.10 bits per heavy atom. The SMILES string of the molecule is Cc1ccc(C(=O)Nc2sc(Cc3ccc4c(c3)OCO4)c(C)c2C#N)cc1C. The highest BCUT2D eigenvalue weighted by molar-refractivity contribution is 7.16. The van der Waals surface area contributed by atoms with Gasteiger partial charge in [-0.05, 0) is 67.3 Å². The lowest BCUT2D eigenvalue weighted by molar-refractivity contribution is 0.102. The molecular formula is C23H20N2O3S. The summed E-state index contributed by atoms with van der Waals surface area (Å²) in [6.07, 6.45) is 0.654. The van der Waals surface area contributed by atoms with Crippen LogP contribution in [0.4, 0.5) is 5.00 Å². The highest BCUT2D eigenvalue weighted by Crippen LogP contribution is 2.37. The summed E-state index contributed by atoms with van der Waals surface area (Å²) in [5, 5.41) is 13.2. The molecule has 0 atom stereocenters. The molecule has 0 radical (unpaired) electrons. The second kappa shape index (κ2) is 7.61. The van der Waals surface area contributed by atoms with Gasteiger partial charge in [0.1, 0.15) is 11.1 Å². The zero-order chi connectivity index (χ0) is 20.5. The summed E-state index contributed by atoms with van der Waals surface area (Å²) in [6, 6.07) is 13.7. The standard InChI is InChI=1S/C23H20N2O3S/c1-13-4-6-17(8-14(13)2)22(26)25-23-18(11-24)15(3)21(29-23)10-16-5-7-19-20(9-16)28-12-27-19/h4-9H,10,12H2,1-3H3,(H,25,26). The van der Waals surface area contributed by atoms with E-state index in [2.05, 4.69) is 11.4 Å². The number of amides is 1. The van der Waals surface area contributed by atoms with E-state index in [-0.39, 0.29) is 12.7 Å². The van der Waals surface area contributed by atoms with Gasteiger partial charge in [0.25, 0.3) is 5.91 Å². The molecule has 1 aromatic heterocycles. The number of aryl methyl sites for hydroxylation is 2. The molecule has 29 heavy (non-hydrogen) atoms. The monoisotopic (exact) mass is 404 g/mol. The van der Waals surface area contributed by atoms with E-state index < -0.39 is 0 Å². The van der Waals surface area contributed by atoms with Crippen molar-refractivity contribution in [2.75, 3.05) is 12.1 Å². The van der Waals surface area contributed by atoms with Crippen LogP contribution in [0.2, 0.25) is 0 Å². The number of thiophene rings is 1. The molecule has 1 aliphatic heterocycles. The largest absolute Gasteiger partial charge is 0.454 e. The molecule has 6 heteroatoms. The molecule has 1 aliphatic rings. The number of benzene rings is 2. The second-order valence-electron chi connectivity index (χ2n) is 7.08. The summed E-state index contributed by atoms with van der Waals surface area (Å²) in [5.74, 6) is 1.27. The zero-order valence-electron chi connectivity index (χ0n) is 16.5. The lowest BCUT2D eigenvalue weighted by atomic mass is 10.1. The molecule has 2 heterocycles. The molecule has 4 rings (SSSR count). The van der Waals surface area contributed by atoms with Crippen LogP contribution >= 0.6 is 11.3 Å². The van der Waals surface area contributed by atoms with Crippen LogP contribution in [0.3, 0.4) is 0 Å². The van der Waals surface area contributed by atoms with Gasteiger partial charge >= 0.3 is 0 Å². The Balaban J connectivity index is 1.59. The second-order valence-corrected chi connectivity index (χ2v) is 8.19. The minimum atomic E-state index is -0.208. The van der Waals surface area contributed by atoms with Crippen LogP contribution in [-0.2, 0) is 6.42 Å². The van der Waals surface area contributed by atoms with E-state index in [1.807, 2.05) is 51.1 Å². The predicted molar refractivity (Wildman–Crippen MR) is 113 cm³/mol. The van der Waals surface area contributed by atoms with Crippen molar-refractivity contribution in [1.29, 1.82) is 5.26 Å². The van der Waals surface area contributed by atoms with Crippen molar-refractivity contribution in [1.82, 2.24) is 0 Å². The Hall–Kier alpha value is -3.30. The van der Waals surface area contributed by atoms with E-state index >= 15 is 0 Å². The summed E-state index contributed by atoms with van der Waals surface area (Å²) in [5.41, 5.74) is 5.25.